The fourth-order valence-corrected chi connectivity index (χ4v) is 3.79. The average molecular weight is 351 g/mol. The normalized spacial score (nSPS) is 18.5. The van der Waals surface area contributed by atoms with Crippen LogP contribution in [-0.2, 0) is 6.54 Å². The van der Waals surface area contributed by atoms with E-state index in [0.717, 1.165) is 55.0 Å². The number of hydrogen-bond donors (Lipinski definition) is 0. The lowest BCUT2D eigenvalue weighted by Gasteiger charge is -2.32. The summed E-state index contributed by atoms with van der Waals surface area (Å²) in [6, 6.07) is 3.63. The van der Waals surface area contributed by atoms with Crippen molar-refractivity contribution in [3.63, 3.8) is 0 Å². The molecule has 2 aliphatic rings. The van der Waals surface area contributed by atoms with Crippen molar-refractivity contribution < 1.29 is 4.42 Å². The minimum Gasteiger partial charge on any atom is -0.460 e. The standard InChI is InChI=1S/C19H21N5O2/c25-17-9-16(14-1-2-14)20-12-24(17)11-13-3-6-23(7-4-13)19-18-15(5-8-26-18)10-21-22-19/h5,8-10,12-14H,1-4,6-7,11H2. The summed E-state index contributed by atoms with van der Waals surface area (Å²) in [5, 5.41) is 9.33. The minimum absolute atomic E-state index is 0.0792. The molecule has 0 aromatic carbocycles. The number of fused-ring (bicyclic) bond motifs is 1. The molecule has 0 amide bonds. The Balaban J connectivity index is 1.26. The average Bonchev–Trinajstić information content (AvgIpc) is 3.40. The quantitative estimate of drug-likeness (QED) is 0.719. The molecule has 5 rings (SSSR count). The van der Waals surface area contributed by atoms with E-state index in [-0.39, 0.29) is 5.56 Å². The predicted molar refractivity (Wildman–Crippen MR) is 97.2 cm³/mol. The zero-order chi connectivity index (χ0) is 17.5. The van der Waals surface area contributed by atoms with Gasteiger partial charge in [-0.15, -0.1) is 5.10 Å². The summed E-state index contributed by atoms with van der Waals surface area (Å²) in [4.78, 5) is 19.0. The van der Waals surface area contributed by atoms with Gasteiger partial charge in [-0.3, -0.25) is 9.36 Å². The van der Waals surface area contributed by atoms with Gasteiger partial charge in [0, 0.05) is 37.0 Å². The lowest BCUT2D eigenvalue weighted by atomic mass is 9.96. The molecular formula is C19H21N5O2. The van der Waals surface area contributed by atoms with Crippen molar-refractivity contribution >= 4 is 16.8 Å². The van der Waals surface area contributed by atoms with Crippen LogP contribution in [0.15, 0.2) is 40.1 Å². The minimum atomic E-state index is 0.0792. The van der Waals surface area contributed by atoms with Crippen molar-refractivity contribution in [2.24, 2.45) is 5.92 Å². The molecule has 1 aliphatic heterocycles. The number of furan rings is 1. The highest BCUT2D eigenvalue weighted by molar-refractivity contribution is 5.86. The Morgan fingerprint density at radius 1 is 1.19 bits per heavy atom. The third-order valence-corrected chi connectivity index (χ3v) is 5.51. The number of hydrogen-bond acceptors (Lipinski definition) is 6. The fraction of sp³-hybridized carbons (Fsp3) is 0.474. The van der Waals surface area contributed by atoms with E-state index < -0.39 is 0 Å². The molecule has 0 spiro atoms. The monoisotopic (exact) mass is 351 g/mol. The Morgan fingerprint density at radius 2 is 2.04 bits per heavy atom. The van der Waals surface area contributed by atoms with Crippen molar-refractivity contribution in [2.45, 2.75) is 38.1 Å². The second-order valence-corrected chi connectivity index (χ2v) is 7.38. The summed E-state index contributed by atoms with van der Waals surface area (Å²) in [6.45, 7) is 2.52. The number of rotatable bonds is 4. The first-order valence-corrected chi connectivity index (χ1v) is 9.28. The largest absolute Gasteiger partial charge is 0.460 e. The van der Waals surface area contributed by atoms with Crippen LogP contribution in [0.25, 0.3) is 11.0 Å². The lowest BCUT2D eigenvalue weighted by Crippen LogP contribution is -2.37. The molecule has 26 heavy (non-hydrogen) atoms. The molecule has 1 saturated carbocycles. The van der Waals surface area contributed by atoms with Crippen molar-refractivity contribution in [3.05, 3.63) is 47.0 Å². The summed E-state index contributed by atoms with van der Waals surface area (Å²) < 4.78 is 7.34. The van der Waals surface area contributed by atoms with Gasteiger partial charge in [-0.25, -0.2) is 4.98 Å². The highest BCUT2D eigenvalue weighted by atomic mass is 16.3. The predicted octanol–water partition coefficient (Wildman–Crippen LogP) is 2.57. The molecule has 1 aliphatic carbocycles. The van der Waals surface area contributed by atoms with Crippen LogP contribution in [0, 0.1) is 5.92 Å². The molecule has 0 bridgehead atoms. The summed E-state index contributed by atoms with van der Waals surface area (Å²) in [6.07, 6.45) is 9.48. The molecule has 2 fully saturated rings. The molecule has 134 valence electrons. The number of nitrogens with zero attached hydrogens (tertiary/aromatic N) is 5. The van der Waals surface area contributed by atoms with Gasteiger partial charge in [-0.2, -0.15) is 5.10 Å². The maximum atomic E-state index is 12.3. The maximum absolute atomic E-state index is 12.3. The second kappa shape index (κ2) is 6.23. The van der Waals surface area contributed by atoms with Gasteiger partial charge in [0.1, 0.15) is 0 Å². The molecule has 4 heterocycles. The van der Waals surface area contributed by atoms with Crippen LogP contribution in [-0.4, -0.2) is 32.8 Å². The van der Waals surface area contributed by atoms with Gasteiger partial charge in [-0.1, -0.05) is 0 Å². The van der Waals surface area contributed by atoms with Gasteiger partial charge in [0.25, 0.3) is 5.56 Å². The first-order valence-electron chi connectivity index (χ1n) is 9.28. The Bertz CT molecular complexity index is 983. The van der Waals surface area contributed by atoms with Crippen molar-refractivity contribution in [1.29, 1.82) is 0 Å². The Hall–Kier alpha value is -2.70. The lowest BCUT2D eigenvalue weighted by molar-refractivity contribution is 0.349. The third-order valence-electron chi connectivity index (χ3n) is 5.51. The zero-order valence-electron chi connectivity index (χ0n) is 14.5. The van der Waals surface area contributed by atoms with Crippen LogP contribution in [0.2, 0.25) is 0 Å². The van der Waals surface area contributed by atoms with E-state index >= 15 is 0 Å². The van der Waals surface area contributed by atoms with Crippen molar-refractivity contribution in [3.8, 4) is 0 Å². The van der Waals surface area contributed by atoms with Crippen molar-refractivity contribution in [2.75, 3.05) is 18.0 Å². The highest BCUT2D eigenvalue weighted by Crippen LogP contribution is 2.38. The van der Waals surface area contributed by atoms with Crippen LogP contribution in [0.5, 0.6) is 0 Å². The molecule has 7 nitrogen and oxygen atoms in total. The molecule has 0 radical (unpaired) electrons. The molecule has 0 unspecified atom stereocenters. The highest BCUT2D eigenvalue weighted by Gasteiger charge is 2.26. The van der Waals surface area contributed by atoms with Crippen LogP contribution in [0.4, 0.5) is 5.82 Å². The van der Waals surface area contributed by atoms with Crippen molar-refractivity contribution in [1.82, 2.24) is 19.7 Å². The molecule has 3 aromatic heterocycles. The number of aromatic nitrogens is 4. The van der Waals surface area contributed by atoms with Crippen LogP contribution >= 0.6 is 0 Å². The Kier molecular flexibility index (Phi) is 3.72. The van der Waals surface area contributed by atoms with Gasteiger partial charge < -0.3 is 9.32 Å². The van der Waals surface area contributed by atoms with Gasteiger partial charge in [-0.05, 0) is 37.7 Å². The van der Waals surface area contributed by atoms with E-state index in [1.165, 1.54) is 12.8 Å². The summed E-state index contributed by atoms with van der Waals surface area (Å²) in [7, 11) is 0. The van der Waals surface area contributed by atoms with Gasteiger partial charge in [0.2, 0.25) is 0 Å². The molecule has 1 saturated heterocycles. The number of piperidine rings is 1. The van der Waals surface area contributed by atoms with Gasteiger partial charge in [0.15, 0.2) is 11.4 Å². The van der Waals surface area contributed by atoms with Gasteiger partial charge >= 0.3 is 0 Å². The van der Waals surface area contributed by atoms with E-state index in [9.17, 15) is 4.79 Å². The molecule has 0 N–H and O–H groups in total. The van der Waals surface area contributed by atoms with Gasteiger partial charge in [0.05, 0.1) is 24.5 Å². The topological polar surface area (TPSA) is 77.1 Å². The SMILES string of the molecule is O=c1cc(C2CC2)ncn1CC1CCN(c2nncc3ccoc23)CC1. The van der Waals surface area contributed by atoms with Crippen LogP contribution < -0.4 is 10.5 Å². The number of anilines is 1. The first-order chi connectivity index (χ1) is 12.8. The van der Waals surface area contributed by atoms with E-state index in [1.54, 1.807) is 29.4 Å². The van der Waals surface area contributed by atoms with E-state index in [1.807, 2.05) is 6.07 Å². The van der Waals surface area contributed by atoms with E-state index in [0.29, 0.717) is 11.8 Å². The van der Waals surface area contributed by atoms with Crippen LogP contribution in [0.1, 0.15) is 37.3 Å². The molecule has 7 heteroatoms. The molecule has 3 aromatic rings. The van der Waals surface area contributed by atoms with E-state index in [4.69, 9.17) is 4.42 Å². The fourth-order valence-electron chi connectivity index (χ4n) is 3.79. The maximum Gasteiger partial charge on any atom is 0.253 e. The molecular weight excluding hydrogens is 330 g/mol. The summed E-state index contributed by atoms with van der Waals surface area (Å²) >= 11 is 0. The smallest absolute Gasteiger partial charge is 0.253 e. The Morgan fingerprint density at radius 3 is 2.81 bits per heavy atom. The van der Waals surface area contributed by atoms with E-state index in [2.05, 4.69) is 20.1 Å². The third kappa shape index (κ3) is 2.87. The second-order valence-electron chi connectivity index (χ2n) is 7.38. The summed E-state index contributed by atoms with van der Waals surface area (Å²) in [5.74, 6) is 1.81. The zero-order valence-corrected chi connectivity index (χ0v) is 14.5. The van der Waals surface area contributed by atoms with Crippen LogP contribution in [0.3, 0.4) is 0 Å². The molecule has 0 atom stereocenters. The Labute approximate surface area is 150 Å². The summed E-state index contributed by atoms with van der Waals surface area (Å²) in [5.41, 5.74) is 1.84. The first kappa shape index (κ1) is 15.5.